The number of hydrogen-bond donors (Lipinski definition) is 3. The molecule has 4 aromatic rings. The molecule has 0 saturated heterocycles. The Labute approximate surface area is 208 Å². The number of carbonyl (C=O) groups excluding carboxylic acids is 1. The molecule has 7 heteroatoms. The van der Waals surface area contributed by atoms with E-state index in [4.69, 9.17) is 0 Å². The molecular weight excluding hydrogens is 454 g/mol. The van der Waals surface area contributed by atoms with Crippen LogP contribution in [0.15, 0.2) is 90.2 Å². The van der Waals surface area contributed by atoms with Crippen LogP contribution in [0.25, 0.3) is 27.8 Å². The fraction of sp³-hybridized carbons (Fsp3) is 0.207. The van der Waals surface area contributed by atoms with E-state index in [1.165, 1.54) is 6.20 Å². The molecule has 1 unspecified atom stereocenters. The number of aliphatic hydroxyl groups excluding tert-OH is 1. The topological polar surface area (TPSA) is 104 Å². The molecule has 1 fully saturated rings. The minimum atomic E-state index is -1.23. The molecule has 5 rings (SSSR count). The van der Waals surface area contributed by atoms with E-state index >= 15 is 0 Å². The number of amides is 1. The lowest BCUT2D eigenvalue weighted by Gasteiger charge is -2.15. The Bertz CT molecular complexity index is 1530. The molecule has 2 heterocycles. The highest BCUT2D eigenvalue weighted by molar-refractivity contribution is 5.97. The smallest absolute Gasteiger partial charge is 0.258 e. The number of nitrogens with one attached hydrogen (secondary N) is 1. The van der Waals surface area contributed by atoms with Gasteiger partial charge in [0.15, 0.2) is 0 Å². The van der Waals surface area contributed by atoms with Crippen LogP contribution in [0.2, 0.25) is 0 Å². The van der Waals surface area contributed by atoms with Crippen molar-refractivity contribution in [1.82, 2.24) is 14.9 Å². The van der Waals surface area contributed by atoms with E-state index in [0.29, 0.717) is 30.3 Å². The number of rotatable bonds is 7. The molecule has 1 aliphatic rings. The van der Waals surface area contributed by atoms with E-state index in [9.17, 15) is 19.8 Å². The van der Waals surface area contributed by atoms with Gasteiger partial charge in [0.25, 0.3) is 5.91 Å². The van der Waals surface area contributed by atoms with Crippen LogP contribution in [0.3, 0.4) is 0 Å². The number of aromatic nitrogens is 2. The first-order valence-corrected chi connectivity index (χ1v) is 11.9. The van der Waals surface area contributed by atoms with Gasteiger partial charge in [-0.25, -0.2) is 4.98 Å². The van der Waals surface area contributed by atoms with E-state index in [1.54, 1.807) is 22.9 Å². The van der Waals surface area contributed by atoms with Crippen LogP contribution in [-0.4, -0.2) is 31.4 Å². The number of pyridine rings is 2. The molecule has 0 radical (unpaired) electrons. The second-order valence-corrected chi connectivity index (χ2v) is 9.45. The molecule has 2 aromatic heterocycles. The van der Waals surface area contributed by atoms with Crippen molar-refractivity contribution in [2.75, 3.05) is 0 Å². The molecule has 36 heavy (non-hydrogen) atoms. The van der Waals surface area contributed by atoms with Gasteiger partial charge in [0.2, 0.25) is 5.43 Å². The Morgan fingerprint density at radius 3 is 2.58 bits per heavy atom. The first kappa shape index (κ1) is 23.5. The van der Waals surface area contributed by atoms with Crippen molar-refractivity contribution in [3.8, 4) is 16.8 Å². The Morgan fingerprint density at radius 1 is 1.14 bits per heavy atom. The number of hydrogen-bond acceptors (Lipinski definition) is 5. The maximum absolute atomic E-state index is 13.1. The summed E-state index contributed by atoms with van der Waals surface area (Å²) in [6.07, 6.45) is 4.73. The summed E-state index contributed by atoms with van der Waals surface area (Å²) in [5, 5.41) is 22.6. The van der Waals surface area contributed by atoms with Crippen molar-refractivity contribution >= 4 is 16.9 Å². The van der Waals surface area contributed by atoms with Crippen LogP contribution in [0.1, 0.15) is 35.7 Å². The predicted molar refractivity (Wildman–Crippen MR) is 139 cm³/mol. The van der Waals surface area contributed by atoms with Crippen molar-refractivity contribution in [2.24, 2.45) is 5.92 Å². The lowest BCUT2D eigenvalue weighted by Crippen LogP contribution is -2.39. The van der Waals surface area contributed by atoms with Gasteiger partial charge < -0.3 is 20.1 Å². The molecule has 182 valence electrons. The molecule has 1 amide bonds. The van der Waals surface area contributed by atoms with Crippen molar-refractivity contribution in [1.29, 1.82) is 0 Å². The van der Waals surface area contributed by atoms with Crippen molar-refractivity contribution in [3.63, 3.8) is 0 Å². The lowest BCUT2D eigenvalue weighted by atomic mass is 9.97. The van der Waals surface area contributed by atoms with E-state index in [-0.39, 0.29) is 17.2 Å². The molecule has 1 aliphatic carbocycles. The maximum atomic E-state index is 13.1. The third-order valence-electron chi connectivity index (χ3n) is 6.60. The highest BCUT2D eigenvalue weighted by Gasteiger charge is 2.42. The Hall–Kier alpha value is -4.23. The molecule has 0 aliphatic heterocycles. The van der Waals surface area contributed by atoms with Crippen LogP contribution in [0.5, 0.6) is 0 Å². The third-order valence-corrected chi connectivity index (χ3v) is 6.60. The normalized spacial score (nSPS) is 14.8. The van der Waals surface area contributed by atoms with Crippen LogP contribution in [0.4, 0.5) is 0 Å². The number of allylic oxidation sites excluding steroid dienone is 1. The highest BCUT2D eigenvalue weighted by atomic mass is 16.3. The molecule has 0 spiro atoms. The SMILES string of the molecule is C=C(O)C(C)Cc1ccc(-c2cccc(-n3cc(C(=O)NC4(O)CC4)c(=O)c4cccnc43)c2)cc1. The zero-order chi connectivity index (χ0) is 25.4. The van der Waals surface area contributed by atoms with Gasteiger partial charge in [-0.2, -0.15) is 0 Å². The lowest BCUT2D eigenvalue weighted by molar-refractivity contribution is 0.0713. The average molecular weight is 482 g/mol. The number of benzene rings is 2. The minimum Gasteiger partial charge on any atom is -0.513 e. The summed E-state index contributed by atoms with van der Waals surface area (Å²) < 4.78 is 1.73. The average Bonchev–Trinajstić information content (AvgIpc) is 3.61. The molecule has 1 atom stereocenters. The van der Waals surface area contributed by atoms with Gasteiger partial charge >= 0.3 is 0 Å². The first-order chi connectivity index (χ1) is 17.2. The van der Waals surface area contributed by atoms with Crippen molar-refractivity contribution in [3.05, 3.63) is 107 Å². The largest absolute Gasteiger partial charge is 0.513 e. The summed E-state index contributed by atoms with van der Waals surface area (Å²) in [4.78, 5) is 30.4. The van der Waals surface area contributed by atoms with Gasteiger partial charge in [-0.3, -0.25) is 9.59 Å². The summed E-state index contributed by atoms with van der Waals surface area (Å²) >= 11 is 0. The van der Waals surface area contributed by atoms with Gasteiger partial charge in [0.05, 0.1) is 11.1 Å². The Balaban J connectivity index is 1.54. The zero-order valence-corrected chi connectivity index (χ0v) is 19.9. The van der Waals surface area contributed by atoms with Crippen LogP contribution in [0, 0.1) is 5.92 Å². The molecule has 0 bridgehead atoms. The number of aliphatic hydroxyl groups is 2. The molecular formula is C29H27N3O4. The van der Waals surface area contributed by atoms with E-state index in [1.807, 2.05) is 55.5 Å². The highest BCUT2D eigenvalue weighted by Crippen LogP contribution is 2.32. The minimum absolute atomic E-state index is 0.0210. The van der Waals surface area contributed by atoms with Gasteiger partial charge in [-0.15, -0.1) is 0 Å². The standard InChI is InChI=1S/C29H27N3O4/c1-18(19(2)33)15-20-8-10-21(11-9-20)22-5-3-6-23(16-22)32-17-25(28(35)31-29(36)12-13-29)26(34)24-7-4-14-30-27(24)32/h3-11,14,16-18,33,36H,2,12-13,15H2,1H3,(H,31,35). The van der Waals surface area contributed by atoms with E-state index in [0.717, 1.165) is 22.4 Å². The quantitative estimate of drug-likeness (QED) is 0.266. The molecule has 2 aromatic carbocycles. The summed E-state index contributed by atoms with van der Waals surface area (Å²) in [7, 11) is 0. The maximum Gasteiger partial charge on any atom is 0.258 e. The van der Waals surface area contributed by atoms with Gasteiger partial charge in [0, 0.05) is 24.0 Å². The summed E-state index contributed by atoms with van der Waals surface area (Å²) in [6.45, 7) is 5.54. The summed E-state index contributed by atoms with van der Waals surface area (Å²) in [6, 6.07) is 19.2. The Morgan fingerprint density at radius 2 is 1.89 bits per heavy atom. The predicted octanol–water partition coefficient (Wildman–Crippen LogP) is 4.52. The fourth-order valence-electron chi connectivity index (χ4n) is 4.18. The van der Waals surface area contributed by atoms with Gasteiger partial charge in [-0.1, -0.05) is 49.9 Å². The number of fused-ring (bicyclic) bond motifs is 1. The monoisotopic (exact) mass is 481 g/mol. The molecule has 7 nitrogen and oxygen atoms in total. The van der Waals surface area contributed by atoms with Crippen LogP contribution < -0.4 is 10.7 Å². The van der Waals surface area contributed by atoms with Crippen molar-refractivity contribution < 1.29 is 15.0 Å². The van der Waals surface area contributed by atoms with E-state index < -0.39 is 17.1 Å². The number of nitrogens with zero attached hydrogens (tertiary/aromatic N) is 2. The summed E-state index contributed by atoms with van der Waals surface area (Å²) in [5.41, 5.74) is 2.53. The van der Waals surface area contributed by atoms with Crippen LogP contribution >= 0.6 is 0 Å². The molecule has 3 N–H and O–H groups in total. The van der Waals surface area contributed by atoms with Gasteiger partial charge in [0.1, 0.15) is 16.9 Å². The zero-order valence-electron chi connectivity index (χ0n) is 19.9. The third kappa shape index (κ3) is 4.65. The first-order valence-electron chi connectivity index (χ1n) is 11.9. The fourth-order valence-corrected chi connectivity index (χ4v) is 4.18. The van der Waals surface area contributed by atoms with E-state index in [2.05, 4.69) is 16.9 Å². The summed E-state index contributed by atoms with van der Waals surface area (Å²) in [5.74, 6) is -0.452. The Kier molecular flexibility index (Phi) is 5.94. The second kappa shape index (κ2) is 9.09. The number of carbonyl (C=O) groups is 1. The van der Waals surface area contributed by atoms with Crippen molar-refractivity contribution in [2.45, 2.75) is 31.9 Å². The van der Waals surface area contributed by atoms with Gasteiger partial charge in [-0.05, 0) is 60.2 Å². The molecule has 1 saturated carbocycles. The van der Waals surface area contributed by atoms with Crippen LogP contribution in [-0.2, 0) is 6.42 Å². The second-order valence-electron chi connectivity index (χ2n) is 9.45.